The number of rotatable bonds is 5. The third-order valence-corrected chi connectivity index (χ3v) is 6.97. The van der Waals surface area contributed by atoms with Crippen LogP contribution in [0.3, 0.4) is 0 Å². The molecule has 0 radical (unpaired) electrons. The number of carbonyl (C=O) groups excluding carboxylic acids is 2. The Morgan fingerprint density at radius 2 is 1.96 bits per heavy atom. The highest BCUT2D eigenvalue weighted by Crippen LogP contribution is 2.24. The highest BCUT2D eigenvalue weighted by molar-refractivity contribution is 7.91. The number of nitrogens with one attached hydrogen (secondary N) is 2. The molecule has 1 aromatic rings. The summed E-state index contributed by atoms with van der Waals surface area (Å²) in [4.78, 5) is 23.5. The van der Waals surface area contributed by atoms with Gasteiger partial charge in [0, 0.05) is 19.1 Å². The summed E-state index contributed by atoms with van der Waals surface area (Å²) in [5, 5.41) is 6.95. The number of piperidine rings is 1. The molecule has 0 unspecified atom stereocenters. The van der Waals surface area contributed by atoms with Crippen molar-refractivity contribution in [3.8, 4) is 0 Å². The molecule has 0 aromatic carbocycles. The molecule has 1 aliphatic heterocycles. The summed E-state index contributed by atoms with van der Waals surface area (Å²) in [7, 11) is -3.44. The molecule has 2 amide bonds. The Hall–Kier alpha value is -1.65. The lowest BCUT2D eigenvalue weighted by Crippen LogP contribution is -2.48. The Bertz CT molecular complexity index is 718. The second-order valence-corrected chi connectivity index (χ2v) is 10.1. The van der Waals surface area contributed by atoms with Crippen molar-refractivity contribution in [3.63, 3.8) is 0 Å². The maximum absolute atomic E-state index is 12.5. The predicted octanol–water partition coefficient (Wildman–Crippen LogP) is 1.54. The minimum absolute atomic E-state index is 0.113. The SMILES string of the molecule is CC(C)(C)OC(=O)NCC(=O)NC1CCN(S(=O)(=O)c2cccs2)CC1. The third kappa shape index (κ3) is 5.96. The number of nitrogens with zero attached hydrogens (tertiary/aromatic N) is 1. The fourth-order valence-electron chi connectivity index (χ4n) is 2.52. The number of carbonyl (C=O) groups is 2. The fourth-order valence-corrected chi connectivity index (χ4v) is 5.14. The van der Waals surface area contributed by atoms with Gasteiger partial charge in [-0.15, -0.1) is 11.3 Å². The predicted molar refractivity (Wildman–Crippen MR) is 98.5 cm³/mol. The molecule has 2 rings (SSSR count). The van der Waals surface area contributed by atoms with Gasteiger partial charge in [0.2, 0.25) is 5.91 Å². The quantitative estimate of drug-likeness (QED) is 0.776. The number of hydrogen-bond acceptors (Lipinski definition) is 6. The monoisotopic (exact) mass is 403 g/mol. The van der Waals surface area contributed by atoms with E-state index in [1.54, 1.807) is 38.3 Å². The molecule has 26 heavy (non-hydrogen) atoms. The molecule has 1 saturated heterocycles. The molecule has 0 spiro atoms. The van der Waals surface area contributed by atoms with E-state index in [1.807, 2.05) is 0 Å². The van der Waals surface area contributed by atoms with E-state index in [0.29, 0.717) is 30.1 Å². The van der Waals surface area contributed by atoms with Crippen molar-refractivity contribution < 1.29 is 22.7 Å². The van der Waals surface area contributed by atoms with E-state index in [1.165, 1.54) is 15.6 Å². The Morgan fingerprint density at radius 1 is 1.31 bits per heavy atom. The molecule has 1 aliphatic rings. The van der Waals surface area contributed by atoms with Gasteiger partial charge in [-0.2, -0.15) is 4.31 Å². The summed E-state index contributed by atoms with van der Waals surface area (Å²) in [6.07, 6.45) is 0.412. The summed E-state index contributed by atoms with van der Waals surface area (Å²) in [6, 6.07) is 3.19. The van der Waals surface area contributed by atoms with Crippen LogP contribution in [-0.2, 0) is 19.6 Å². The van der Waals surface area contributed by atoms with Gasteiger partial charge in [0.15, 0.2) is 0 Å². The number of hydrogen-bond donors (Lipinski definition) is 2. The van der Waals surface area contributed by atoms with Crippen LogP contribution in [0.2, 0.25) is 0 Å². The van der Waals surface area contributed by atoms with E-state index in [2.05, 4.69) is 10.6 Å². The first-order valence-corrected chi connectivity index (χ1v) is 10.7. The van der Waals surface area contributed by atoms with Crippen LogP contribution in [-0.4, -0.2) is 56.0 Å². The van der Waals surface area contributed by atoms with Crippen molar-refractivity contribution in [2.24, 2.45) is 0 Å². The molecule has 2 N–H and O–H groups in total. The van der Waals surface area contributed by atoms with Crippen LogP contribution >= 0.6 is 11.3 Å². The van der Waals surface area contributed by atoms with E-state index in [-0.39, 0.29) is 18.5 Å². The molecule has 0 atom stereocenters. The van der Waals surface area contributed by atoms with Crippen molar-refractivity contribution in [3.05, 3.63) is 17.5 Å². The molecule has 0 aliphatic carbocycles. The van der Waals surface area contributed by atoms with Crippen LogP contribution < -0.4 is 10.6 Å². The van der Waals surface area contributed by atoms with Crippen molar-refractivity contribution in [2.75, 3.05) is 19.6 Å². The Labute approximate surface area is 158 Å². The number of alkyl carbamates (subject to hydrolysis) is 1. The topological polar surface area (TPSA) is 105 Å². The van der Waals surface area contributed by atoms with Crippen molar-refractivity contribution in [1.29, 1.82) is 0 Å². The van der Waals surface area contributed by atoms with Gasteiger partial charge in [-0.25, -0.2) is 13.2 Å². The summed E-state index contributed by atoms with van der Waals surface area (Å²) < 4.78 is 31.8. The van der Waals surface area contributed by atoms with E-state index < -0.39 is 21.7 Å². The molecule has 10 heteroatoms. The molecular weight excluding hydrogens is 378 g/mol. The Kier molecular flexibility index (Phi) is 6.64. The highest BCUT2D eigenvalue weighted by Gasteiger charge is 2.30. The van der Waals surface area contributed by atoms with Gasteiger partial charge < -0.3 is 15.4 Å². The maximum atomic E-state index is 12.5. The van der Waals surface area contributed by atoms with Gasteiger partial charge in [-0.1, -0.05) is 6.07 Å². The van der Waals surface area contributed by atoms with Crippen LogP contribution in [0, 0.1) is 0 Å². The molecule has 1 aromatic heterocycles. The normalized spacial score (nSPS) is 16.9. The summed E-state index contributed by atoms with van der Waals surface area (Å²) >= 11 is 1.20. The lowest BCUT2D eigenvalue weighted by molar-refractivity contribution is -0.121. The van der Waals surface area contributed by atoms with Gasteiger partial charge in [0.1, 0.15) is 16.4 Å². The van der Waals surface area contributed by atoms with Gasteiger partial charge in [0.25, 0.3) is 10.0 Å². The first kappa shape index (κ1) is 20.7. The zero-order chi connectivity index (χ0) is 19.4. The standard InChI is InChI=1S/C16H25N3O5S2/c1-16(2,3)24-15(21)17-11-13(20)18-12-6-8-19(9-7-12)26(22,23)14-5-4-10-25-14/h4-5,10,12H,6-9,11H2,1-3H3,(H,17,21)(H,18,20). The Balaban J connectivity index is 1.75. The van der Waals surface area contributed by atoms with Gasteiger partial charge >= 0.3 is 6.09 Å². The van der Waals surface area contributed by atoms with Crippen LogP contribution in [0.5, 0.6) is 0 Å². The van der Waals surface area contributed by atoms with Gasteiger partial charge in [-0.3, -0.25) is 4.79 Å². The molecule has 0 saturated carbocycles. The zero-order valence-electron chi connectivity index (χ0n) is 15.1. The number of sulfonamides is 1. The first-order chi connectivity index (χ1) is 12.1. The molecule has 8 nitrogen and oxygen atoms in total. The Morgan fingerprint density at radius 3 is 2.50 bits per heavy atom. The minimum Gasteiger partial charge on any atom is -0.444 e. The fraction of sp³-hybridized carbons (Fsp3) is 0.625. The van der Waals surface area contributed by atoms with Crippen LogP contribution in [0.25, 0.3) is 0 Å². The third-order valence-electron chi connectivity index (χ3n) is 3.70. The van der Waals surface area contributed by atoms with Gasteiger partial charge in [-0.05, 0) is 45.1 Å². The first-order valence-electron chi connectivity index (χ1n) is 8.38. The van der Waals surface area contributed by atoms with Crippen LogP contribution in [0.4, 0.5) is 4.79 Å². The zero-order valence-corrected chi connectivity index (χ0v) is 16.8. The molecule has 0 bridgehead atoms. The number of amides is 2. The summed E-state index contributed by atoms with van der Waals surface area (Å²) in [5.74, 6) is -0.324. The van der Waals surface area contributed by atoms with E-state index in [9.17, 15) is 18.0 Å². The maximum Gasteiger partial charge on any atom is 0.408 e. The van der Waals surface area contributed by atoms with E-state index in [0.717, 1.165) is 0 Å². The molecule has 2 heterocycles. The van der Waals surface area contributed by atoms with Crippen molar-refractivity contribution in [1.82, 2.24) is 14.9 Å². The smallest absolute Gasteiger partial charge is 0.408 e. The lowest BCUT2D eigenvalue weighted by Gasteiger charge is -2.31. The molecule has 146 valence electrons. The van der Waals surface area contributed by atoms with Crippen molar-refractivity contribution in [2.45, 2.75) is 49.5 Å². The lowest BCUT2D eigenvalue weighted by atomic mass is 10.1. The number of ether oxygens (including phenoxy) is 1. The van der Waals surface area contributed by atoms with Crippen molar-refractivity contribution >= 4 is 33.4 Å². The molecule has 1 fully saturated rings. The van der Waals surface area contributed by atoms with Gasteiger partial charge in [0.05, 0.1) is 0 Å². The molecular formula is C16H25N3O5S2. The number of thiophene rings is 1. The minimum atomic E-state index is -3.44. The summed E-state index contributed by atoms with van der Waals surface area (Å²) in [5.41, 5.74) is -0.624. The second kappa shape index (κ2) is 8.36. The second-order valence-electron chi connectivity index (χ2n) is 7.03. The highest BCUT2D eigenvalue weighted by atomic mass is 32.2. The summed E-state index contributed by atoms with van der Waals surface area (Å²) in [6.45, 7) is 5.75. The van der Waals surface area contributed by atoms with E-state index >= 15 is 0 Å². The largest absolute Gasteiger partial charge is 0.444 e. The average Bonchev–Trinajstić information content (AvgIpc) is 3.07. The van der Waals surface area contributed by atoms with Crippen LogP contribution in [0.15, 0.2) is 21.7 Å². The van der Waals surface area contributed by atoms with Crippen LogP contribution in [0.1, 0.15) is 33.6 Å². The van der Waals surface area contributed by atoms with E-state index in [4.69, 9.17) is 4.74 Å². The average molecular weight is 404 g/mol.